The molecule has 1 aromatic carbocycles. The fourth-order valence-corrected chi connectivity index (χ4v) is 4.45. The van der Waals surface area contributed by atoms with Crippen molar-refractivity contribution < 1.29 is 9.84 Å². The van der Waals surface area contributed by atoms with Crippen LogP contribution in [0.5, 0.6) is 0 Å². The maximum absolute atomic E-state index is 10.5. The number of imidazole rings is 1. The van der Waals surface area contributed by atoms with Gasteiger partial charge in [-0.2, -0.15) is 0 Å². The number of fused-ring (bicyclic) bond motifs is 1. The van der Waals surface area contributed by atoms with E-state index in [9.17, 15) is 5.11 Å². The first-order valence-electron chi connectivity index (χ1n) is 10.4. The normalized spacial score (nSPS) is 23.8. The average Bonchev–Trinajstić information content (AvgIpc) is 3.42. The van der Waals surface area contributed by atoms with Gasteiger partial charge in [-0.1, -0.05) is 0 Å². The summed E-state index contributed by atoms with van der Waals surface area (Å²) in [7, 11) is 2.15. The number of piperazine rings is 1. The third-order valence-corrected chi connectivity index (χ3v) is 6.20. The summed E-state index contributed by atoms with van der Waals surface area (Å²) in [5.74, 6) is 1.08. The van der Waals surface area contributed by atoms with E-state index in [-0.39, 0.29) is 11.9 Å². The monoisotopic (exact) mass is 396 g/mol. The molecule has 0 amide bonds. The van der Waals surface area contributed by atoms with Crippen LogP contribution in [0, 0.1) is 5.41 Å². The summed E-state index contributed by atoms with van der Waals surface area (Å²) < 4.78 is 5.70. The van der Waals surface area contributed by atoms with Gasteiger partial charge in [-0.15, -0.1) is 0 Å². The fraction of sp³-hybridized carbons (Fsp3) is 0.524. The number of nitrogens with one attached hydrogen (secondary N) is 2. The van der Waals surface area contributed by atoms with Crippen molar-refractivity contribution in [3.8, 4) is 0 Å². The van der Waals surface area contributed by atoms with Gasteiger partial charge in [-0.3, -0.25) is 5.41 Å². The first-order valence-corrected chi connectivity index (χ1v) is 10.4. The second-order valence-corrected chi connectivity index (χ2v) is 8.26. The Morgan fingerprint density at radius 1 is 1.28 bits per heavy atom. The lowest BCUT2D eigenvalue weighted by molar-refractivity contribution is 0.0924. The fourth-order valence-electron chi connectivity index (χ4n) is 4.45. The first kappa shape index (κ1) is 18.4. The molecule has 3 N–H and O–H groups in total. The Labute approximate surface area is 170 Å². The summed E-state index contributed by atoms with van der Waals surface area (Å²) >= 11 is 0. The van der Waals surface area contributed by atoms with Crippen molar-refractivity contribution in [2.45, 2.75) is 18.9 Å². The maximum atomic E-state index is 10.5. The Morgan fingerprint density at radius 2 is 2.10 bits per heavy atom. The van der Waals surface area contributed by atoms with Crippen molar-refractivity contribution in [1.82, 2.24) is 19.8 Å². The number of amidine groups is 1. The largest absolute Gasteiger partial charge is 0.510 e. The van der Waals surface area contributed by atoms with Crippen molar-refractivity contribution in [1.29, 1.82) is 5.41 Å². The molecule has 8 nitrogen and oxygen atoms in total. The lowest BCUT2D eigenvalue weighted by Crippen LogP contribution is -2.44. The van der Waals surface area contributed by atoms with Gasteiger partial charge in [-0.25, -0.2) is 4.98 Å². The van der Waals surface area contributed by atoms with Gasteiger partial charge >= 0.3 is 0 Å². The molecule has 2 saturated heterocycles. The predicted molar refractivity (Wildman–Crippen MR) is 114 cm³/mol. The molecule has 1 atom stereocenters. The highest BCUT2D eigenvalue weighted by Crippen LogP contribution is 2.29. The summed E-state index contributed by atoms with van der Waals surface area (Å²) in [4.78, 5) is 14.6. The molecule has 4 heterocycles. The number of nitrogens with zero attached hydrogens (tertiary/aromatic N) is 4. The van der Waals surface area contributed by atoms with E-state index in [1.54, 1.807) is 0 Å². The third kappa shape index (κ3) is 3.47. The second-order valence-electron chi connectivity index (χ2n) is 8.26. The third-order valence-electron chi connectivity index (χ3n) is 6.20. The van der Waals surface area contributed by atoms with E-state index in [1.165, 1.54) is 5.69 Å². The predicted octanol–water partition coefficient (Wildman–Crippen LogP) is 2.06. The standard InChI is InChI=1S/C21H28N6O2/c1-25-6-8-26(9-7-25)14-4-5-16-17(11-14)24-21(23-16)19-18(28)13-27(20(19)22)12-15-3-2-10-29-15/h4-5,11,15,22,28H,2-3,6-10,12-13H2,1H3,(H,23,24). The van der Waals surface area contributed by atoms with Gasteiger partial charge in [0.05, 0.1) is 29.3 Å². The van der Waals surface area contributed by atoms with E-state index >= 15 is 0 Å². The molecule has 0 aliphatic carbocycles. The quantitative estimate of drug-likeness (QED) is 0.733. The number of ether oxygens (including phenoxy) is 1. The van der Waals surface area contributed by atoms with Gasteiger partial charge in [0.25, 0.3) is 0 Å². The van der Waals surface area contributed by atoms with E-state index in [1.807, 2.05) is 11.0 Å². The molecule has 0 radical (unpaired) electrons. The zero-order chi connectivity index (χ0) is 20.0. The summed E-state index contributed by atoms with van der Waals surface area (Å²) in [6, 6.07) is 6.25. The number of H-pyrrole nitrogens is 1. The zero-order valence-corrected chi connectivity index (χ0v) is 16.8. The smallest absolute Gasteiger partial charge is 0.145 e. The number of hydrogen-bond donors (Lipinski definition) is 3. The number of aliphatic hydroxyl groups is 1. The van der Waals surface area contributed by atoms with Gasteiger partial charge in [0, 0.05) is 45.0 Å². The summed E-state index contributed by atoms with van der Waals surface area (Å²) in [5.41, 5.74) is 3.46. The van der Waals surface area contributed by atoms with E-state index in [0.29, 0.717) is 30.3 Å². The molecule has 3 aliphatic rings. The molecule has 2 fully saturated rings. The van der Waals surface area contributed by atoms with Crippen molar-refractivity contribution >= 4 is 28.1 Å². The molecule has 8 heteroatoms. The van der Waals surface area contributed by atoms with Gasteiger partial charge in [-0.05, 0) is 38.1 Å². The SMILES string of the molecule is CN1CCN(c2ccc3nc(C4=C(O)CN(CC5CCCO5)C4=N)[nH]c3c2)CC1. The minimum atomic E-state index is 0.143. The lowest BCUT2D eigenvalue weighted by Gasteiger charge is -2.34. The van der Waals surface area contributed by atoms with Crippen LogP contribution >= 0.6 is 0 Å². The summed E-state index contributed by atoms with van der Waals surface area (Å²) in [6.07, 6.45) is 2.22. The molecule has 5 rings (SSSR count). The Bertz CT molecular complexity index is 953. The number of likely N-dealkylation sites (N-methyl/N-ethyl adjacent to an activating group) is 1. The molecular weight excluding hydrogens is 368 g/mol. The van der Waals surface area contributed by atoms with Crippen LogP contribution in [0.2, 0.25) is 0 Å². The lowest BCUT2D eigenvalue weighted by atomic mass is 10.2. The number of rotatable bonds is 4. The van der Waals surface area contributed by atoms with Crippen LogP contribution in [-0.2, 0) is 4.74 Å². The number of anilines is 1. The van der Waals surface area contributed by atoms with E-state index in [4.69, 9.17) is 10.1 Å². The number of aromatic nitrogens is 2. The molecule has 1 unspecified atom stereocenters. The first-order chi connectivity index (χ1) is 14.1. The Kier molecular flexibility index (Phi) is 4.67. The van der Waals surface area contributed by atoms with Gasteiger partial charge in [0.2, 0.25) is 0 Å². The van der Waals surface area contributed by atoms with Crippen LogP contribution < -0.4 is 4.90 Å². The van der Waals surface area contributed by atoms with Gasteiger partial charge < -0.3 is 29.5 Å². The molecule has 0 saturated carbocycles. The Morgan fingerprint density at radius 3 is 2.86 bits per heavy atom. The second kappa shape index (κ2) is 7.35. The van der Waals surface area contributed by atoms with Crippen LogP contribution in [0.4, 0.5) is 5.69 Å². The van der Waals surface area contributed by atoms with Crippen molar-refractivity contribution in [3.05, 3.63) is 29.8 Å². The summed E-state index contributed by atoms with van der Waals surface area (Å²) in [6.45, 7) is 5.92. The average molecular weight is 396 g/mol. The molecular formula is C21H28N6O2. The molecule has 29 heavy (non-hydrogen) atoms. The van der Waals surface area contributed by atoms with Crippen LogP contribution in [-0.4, -0.2) is 89.7 Å². The molecule has 3 aliphatic heterocycles. The highest BCUT2D eigenvalue weighted by atomic mass is 16.5. The molecule has 2 aromatic rings. The number of hydrogen-bond acceptors (Lipinski definition) is 6. The minimum absolute atomic E-state index is 0.143. The van der Waals surface area contributed by atoms with Crippen LogP contribution in [0.1, 0.15) is 18.7 Å². The van der Waals surface area contributed by atoms with Gasteiger partial charge in [0.15, 0.2) is 0 Å². The molecule has 0 spiro atoms. The van der Waals surface area contributed by atoms with E-state index in [0.717, 1.165) is 56.7 Å². The highest BCUT2D eigenvalue weighted by Gasteiger charge is 2.32. The number of aliphatic hydroxyl groups excluding tert-OH is 1. The zero-order valence-electron chi connectivity index (χ0n) is 16.8. The van der Waals surface area contributed by atoms with Crippen molar-refractivity contribution in [2.24, 2.45) is 0 Å². The molecule has 154 valence electrons. The topological polar surface area (TPSA) is 91.7 Å². The molecule has 1 aromatic heterocycles. The van der Waals surface area contributed by atoms with Crippen LogP contribution in [0.25, 0.3) is 16.6 Å². The van der Waals surface area contributed by atoms with Crippen molar-refractivity contribution in [3.63, 3.8) is 0 Å². The van der Waals surface area contributed by atoms with Crippen molar-refractivity contribution in [2.75, 3.05) is 57.8 Å². The van der Waals surface area contributed by atoms with Crippen LogP contribution in [0.15, 0.2) is 24.0 Å². The highest BCUT2D eigenvalue weighted by molar-refractivity contribution is 6.23. The Hall–Kier alpha value is -2.58. The number of aromatic amines is 1. The van der Waals surface area contributed by atoms with Gasteiger partial charge in [0.1, 0.15) is 17.4 Å². The van der Waals surface area contributed by atoms with E-state index < -0.39 is 0 Å². The Balaban J connectivity index is 1.37. The van der Waals surface area contributed by atoms with Crippen LogP contribution in [0.3, 0.4) is 0 Å². The maximum Gasteiger partial charge on any atom is 0.145 e. The summed E-state index contributed by atoms with van der Waals surface area (Å²) in [5, 5.41) is 19.1. The number of benzene rings is 1. The van der Waals surface area contributed by atoms with E-state index in [2.05, 4.69) is 38.9 Å². The molecule has 0 bridgehead atoms. The minimum Gasteiger partial charge on any atom is -0.510 e.